The first-order chi connectivity index (χ1) is 14.1. The van der Waals surface area contributed by atoms with Crippen LogP contribution in [0.2, 0.25) is 0 Å². The number of halogens is 1. The van der Waals surface area contributed by atoms with Gasteiger partial charge in [-0.05, 0) is 46.4 Å². The molecule has 0 saturated heterocycles. The molecule has 0 fully saturated rings. The number of allylic oxidation sites excluding steroid dienone is 1. The minimum Gasteiger partial charge on any atom is -0.505 e. The van der Waals surface area contributed by atoms with Gasteiger partial charge in [0.1, 0.15) is 0 Å². The molecule has 1 aromatic heterocycles. The van der Waals surface area contributed by atoms with Crippen molar-refractivity contribution in [3.63, 3.8) is 0 Å². The van der Waals surface area contributed by atoms with Crippen molar-refractivity contribution >= 4 is 22.8 Å². The maximum atomic E-state index is 13.2. The second-order valence-corrected chi connectivity index (χ2v) is 6.97. The Morgan fingerprint density at radius 2 is 1.83 bits per heavy atom. The molecule has 0 aliphatic rings. The van der Waals surface area contributed by atoms with Crippen LogP contribution in [0, 0.1) is 5.82 Å². The summed E-state index contributed by atoms with van der Waals surface area (Å²) in [6, 6.07) is 22.2. The number of phenolic OH excluding ortho intramolecular Hbond substituents is 1. The van der Waals surface area contributed by atoms with E-state index in [2.05, 4.69) is 22.8 Å². The van der Waals surface area contributed by atoms with E-state index in [-0.39, 0.29) is 12.2 Å². The fourth-order valence-corrected chi connectivity index (χ4v) is 3.46. The van der Waals surface area contributed by atoms with E-state index in [0.29, 0.717) is 5.56 Å². The van der Waals surface area contributed by atoms with Crippen LogP contribution < -0.4 is 0 Å². The fraction of sp³-hybridized carbons (Fsp3) is 0.0800. The SMILES string of the molecule is O=C(/C=C/c1ccc(F)c(O)c1)Cc1cccc2ccn(Cc3ccccc3)c12. The van der Waals surface area contributed by atoms with Gasteiger partial charge in [0, 0.05) is 19.2 Å². The number of ketones is 1. The highest BCUT2D eigenvalue weighted by molar-refractivity contribution is 5.97. The number of hydrogen-bond donors (Lipinski definition) is 1. The Hall–Kier alpha value is -3.66. The summed E-state index contributed by atoms with van der Waals surface area (Å²) >= 11 is 0. The Balaban J connectivity index is 1.57. The van der Waals surface area contributed by atoms with E-state index in [1.165, 1.54) is 29.8 Å². The molecule has 4 heteroatoms. The van der Waals surface area contributed by atoms with Gasteiger partial charge < -0.3 is 9.67 Å². The summed E-state index contributed by atoms with van der Waals surface area (Å²) in [5, 5.41) is 10.5. The van der Waals surface area contributed by atoms with Crippen LogP contribution in [0.1, 0.15) is 16.7 Å². The Morgan fingerprint density at radius 1 is 1.00 bits per heavy atom. The van der Waals surface area contributed by atoms with Gasteiger partial charge in [-0.2, -0.15) is 0 Å². The molecule has 29 heavy (non-hydrogen) atoms. The first kappa shape index (κ1) is 18.7. The standard InChI is InChI=1S/C25H20FNO2/c26-23-12-10-18(15-24(23)29)9-11-22(28)16-21-8-4-7-20-13-14-27(25(20)21)17-19-5-2-1-3-6-19/h1-15,29H,16-17H2/b11-9+. The average Bonchev–Trinajstić information content (AvgIpc) is 3.13. The number of rotatable bonds is 6. The van der Waals surface area contributed by atoms with Gasteiger partial charge in [-0.25, -0.2) is 4.39 Å². The minimum atomic E-state index is -0.681. The van der Waals surface area contributed by atoms with E-state index < -0.39 is 11.6 Å². The van der Waals surface area contributed by atoms with Crippen LogP contribution in [0.4, 0.5) is 4.39 Å². The van der Waals surface area contributed by atoms with Crippen LogP contribution in [0.15, 0.2) is 85.1 Å². The molecule has 144 valence electrons. The zero-order valence-corrected chi connectivity index (χ0v) is 15.8. The monoisotopic (exact) mass is 385 g/mol. The number of nitrogens with zero attached hydrogens (tertiary/aromatic N) is 1. The van der Waals surface area contributed by atoms with Gasteiger partial charge in [-0.15, -0.1) is 0 Å². The molecule has 0 saturated carbocycles. The molecule has 1 N–H and O–H groups in total. The summed E-state index contributed by atoms with van der Waals surface area (Å²) in [5.41, 5.74) is 3.78. The van der Waals surface area contributed by atoms with Gasteiger partial charge in [-0.3, -0.25) is 4.79 Å². The normalized spacial score (nSPS) is 11.3. The van der Waals surface area contributed by atoms with Gasteiger partial charge in [0.05, 0.1) is 5.52 Å². The number of benzene rings is 3. The molecule has 0 amide bonds. The van der Waals surface area contributed by atoms with Crippen LogP contribution in [0.3, 0.4) is 0 Å². The van der Waals surface area contributed by atoms with Crippen LogP contribution in [0.5, 0.6) is 5.75 Å². The Kier molecular flexibility index (Phi) is 5.25. The summed E-state index contributed by atoms with van der Waals surface area (Å²) in [5.74, 6) is -1.17. The second-order valence-electron chi connectivity index (χ2n) is 6.97. The van der Waals surface area contributed by atoms with Gasteiger partial charge in [0.15, 0.2) is 17.3 Å². The Morgan fingerprint density at radius 3 is 2.62 bits per heavy atom. The summed E-state index contributed by atoms with van der Waals surface area (Å²) in [4.78, 5) is 12.5. The lowest BCUT2D eigenvalue weighted by atomic mass is 10.0. The first-order valence-corrected chi connectivity index (χ1v) is 9.40. The number of carbonyl (C=O) groups is 1. The molecule has 0 aliphatic heterocycles. The molecule has 0 radical (unpaired) electrons. The predicted octanol–water partition coefficient (Wildman–Crippen LogP) is 5.36. The lowest BCUT2D eigenvalue weighted by molar-refractivity contribution is -0.113. The maximum absolute atomic E-state index is 13.2. The summed E-state index contributed by atoms with van der Waals surface area (Å²) < 4.78 is 15.3. The van der Waals surface area contributed by atoms with Crippen molar-refractivity contribution in [2.75, 3.05) is 0 Å². The number of carbonyl (C=O) groups excluding carboxylic acids is 1. The largest absolute Gasteiger partial charge is 0.505 e. The molecule has 3 aromatic carbocycles. The minimum absolute atomic E-state index is 0.0613. The van der Waals surface area contributed by atoms with Crippen molar-refractivity contribution < 1.29 is 14.3 Å². The molecule has 0 bridgehead atoms. The zero-order valence-electron chi connectivity index (χ0n) is 15.8. The maximum Gasteiger partial charge on any atom is 0.164 e. The van der Waals surface area contributed by atoms with Crippen LogP contribution in [-0.2, 0) is 17.8 Å². The third-order valence-electron chi connectivity index (χ3n) is 4.86. The van der Waals surface area contributed by atoms with Gasteiger partial charge in [0.2, 0.25) is 0 Å². The molecule has 0 unspecified atom stereocenters. The lowest BCUT2D eigenvalue weighted by Crippen LogP contribution is -2.04. The van der Waals surface area contributed by atoms with Crippen molar-refractivity contribution in [1.82, 2.24) is 4.57 Å². The third-order valence-corrected chi connectivity index (χ3v) is 4.86. The van der Waals surface area contributed by atoms with Crippen molar-refractivity contribution in [3.8, 4) is 5.75 Å². The van der Waals surface area contributed by atoms with Crippen LogP contribution in [0.25, 0.3) is 17.0 Å². The fourth-order valence-electron chi connectivity index (χ4n) is 3.46. The van der Waals surface area contributed by atoms with Gasteiger partial charge in [0.25, 0.3) is 0 Å². The second kappa shape index (κ2) is 8.15. The number of para-hydroxylation sites is 1. The van der Waals surface area contributed by atoms with Crippen LogP contribution in [-0.4, -0.2) is 15.5 Å². The molecule has 0 aliphatic carbocycles. The molecule has 3 nitrogen and oxygen atoms in total. The van der Waals surface area contributed by atoms with E-state index in [1.807, 2.05) is 42.6 Å². The smallest absolute Gasteiger partial charge is 0.164 e. The molecule has 0 atom stereocenters. The molecule has 4 aromatic rings. The topological polar surface area (TPSA) is 42.2 Å². The number of aromatic hydroxyl groups is 1. The van der Waals surface area contributed by atoms with Crippen LogP contribution >= 0.6 is 0 Å². The molecule has 0 spiro atoms. The van der Waals surface area contributed by atoms with Crippen molar-refractivity contribution in [1.29, 1.82) is 0 Å². The van der Waals surface area contributed by atoms with E-state index >= 15 is 0 Å². The highest BCUT2D eigenvalue weighted by Crippen LogP contribution is 2.23. The molecular formula is C25H20FNO2. The van der Waals surface area contributed by atoms with Gasteiger partial charge >= 0.3 is 0 Å². The molecule has 4 rings (SSSR count). The number of fused-ring (bicyclic) bond motifs is 1. The average molecular weight is 385 g/mol. The van der Waals surface area contributed by atoms with E-state index in [0.717, 1.165) is 23.0 Å². The molecular weight excluding hydrogens is 365 g/mol. The summed E-state index contributed by atoms with van der Waals surface area (Å²) in [6.07, 6.45) is 5.36. The number of phenols is 1. The number of aromatic nitrogens is 1. The number of hydrogen-bond acceptors (Lipinski definition) is 2. The molecule has 1 heterocycles. The Bertz CT molecular complexity index is 1190. The highest BCUT2D eigenvalue weighted by atomic mass is 19.1. The Labute approximate surface area is 168 Å². The lowest BCUT2D eigenvalue weighted by Gasteiger charge is -2.09. The van der Waals surface area contributed by atoms with Gasteiger partial charge in [-0.1, -0.05) is 60.7 Å². The highest BCUT2D eigenvalue weighted by Gasteiger charge is 2.10. The van der Waals surface area contributed by atoms with E-state index in [9.17, 15) is 14.3 Å². The zero-order chi connectivity index (χ0) is 20.2. The predicted molar refractivity (Wildman–Crippen MR) is 113 cm³/mol. The summed E-state index contributed by atoms with van der Waals surface area (Å²) in [7, 11) is 0. The quantitative estimate of drug-likeness (QED) is 0.454. The van der Waals surface area contributed by atoms with Crippen molar-refractivity contribution in [2.45, 2.75) is 13.0 Å². The van der Waals surface area contributed by atoms with Crippen molar-refractivity contribution in [2.24, 2.45) is 0 Å². The summed E-state index contributed by atoms with van der Waals surface area (Å²) in [6.45, 7) is 0.736. The third kappa shape index (κ3) is 4.27. The van der Waals surface area contributed by atoms with Crippen molar-refractivity contribution in [3.05, 3.63) is 108 Å². The van der Waals surface area contributed by atoms with E-state index in [4.69, 9.17) is 0 Å². The van der Waals surface area contributed by atoms with E-state index in [1.54, 1.807) is 6.08 Å². The first-order valence-electron chi connectivity index (χ1n) is 9.40.